The Hall–Kier alpha value is -3.14. The quantitative estimate of drug-likeness (QED) is 0.760. The summed E-state index contributed by atoms with van der Waals surface area (Å²) >= 11 is 0. The van der Waals surface area contributed by atoms with Gasteiger partial charge in [0.2, 0.25) is 0 Å². The van der Waals surface area contributed by atoms with E-state index in [1.807, 2.05) is 49.4 Å². The van der Waals surface area contributed by atoms with Crippen LogP contribution in [0.2, 0.25) is 0 Å². The molecule has 0 saturated heterocycles. The van der Waals surface area contributed by atoms with Crippen LogP contribution in [-0.2, 0) is 6.61 Å². The van der Waals surface area contributed by atoms with Gasteiger partial charge in [-0.25, -0.2) is 4.79 Å². The average molecular weight is 319 g/mol. The molecule has 0 saturated carbocycles. The number of carbonyl (C=O) groups is 1. The van der Waals surface area contributed by atoms with E-state index in [1.54, 1.807) is 24.5 Å². The van der Waals surface area contributed by atoms with E-state index >= 15 is 0 Å². The molecule has 0 aliphatic rings. The van der Waals surface area contributed by atoms with Crippen molar-refractivity contribution in [2.24, 2.45) is 0 Å². The minimum Gasteiger partial charge on any atom is -0.487 e. The van der Waals surface area contributed by atoms with Crippen LogP contribution in [0.5, 0.6) is 5.75 Å². The summed E-state index contributed by atoms with van der Waals surface area (Å²) < 4.78 is 5.70. The summed E-state index contributed by atoms with van der Waals surface area (Å²) in [4.78, 5) is 15.6. The van der Waals surface area contributed by atoms with Gasteiger partial charge in [0.1, 0.15) is 12.4 Å². The second-order valence-electron chi connectivity index (χ2n) is 5.48. The van der Waals surface area contributed by atoms with Crippen LogP contribution >= 0.6 is 0 Å². The lowest BCUT2D eigenvalue weighted by molar-refractivity contribution is 0.0697. The van der Waals surface area contributed by atoms with Crippen LogP contribution in [0.25, 0.3) is 11.1 Å². The van der Waals surface area contributed by atoms with Gasteiger partial charge in [-0.15, -0.1) is 0 Å². The summed E-state index contributed by atoms with van der Waals surface area (Å²) in [6.07, 6.45) is 3.33. The van der Waals surface area contributed by atoms with E-state index < -0.39 is 5.97 Å². The topological polar surface area (TPSA) is 59.4 Å². The number of carboxylic acid groups (broad SMARTS) is 1. The molecule has 0 bridgehead atoms. The molecule has 0 unspecified atom stereocenters. The number of hydrogen-bond donors (Lipinski definition) is 1. The molecule has 0 fully saturated rings. The van der Waals surface area contributed by atoms with E-state index in [-0.39, 0.29) is 5.56 Å². The second-order valence-corrected chi connectivity index (χ2v) is 5.48. The zero-order valence-electron chi connectivity index (χ0n) is 13.3. The second kappa shape index (κ2) is 6.96. The van der Waals surface area contributed by atoms with E-state index in [2.05, 4.69) is 4.98 Å². The van der Waals surface area contributed by atoms with Crippen molar-refractivity contribution in [3.63, 3.8) is 0 Å². The van der Waals surface area contributed by atoms with Crippen molar-refractivity contribution in [3.05, 3.63) is 83.7 Å². The van der Waals surface area contributed by atoms with Crippen LogP contribution in [0.15, 0.2) is 67.0 Å². The van der Waals surface area contributed by atoms with Gasteiger partial charge in [-0.05, 0) is 53.4 Å². The van der Waals surface area contributed by atoms with Gasteiger partial charge >= 0.3 is 5.97 Å². The molecule has 3 aromatic rings. The van der Waals surface area contributed by atoms with Gasteiger partial charge in [0.25, 0.3) is 0 Å². The molecule has 1 aromatic heterocycles. The number of benzene rings is 2. The first-order valence-electron chi connectivity index (χ1n) is 7.60. The van der Waals surface area contributed by atoms with E-state index in [4.69, 9.17) is 4.74 Å². The lowest BCUT2D eigenvalue weighted by atomic mass is 9.94. The van der Waals surface area contributed by atoms with E-state index in [9.17, 15) is 9.90 Å². The van der Waals surface area contributed by atoms with Crippen molar-refractivity contribution < 1.29 is 14.6 Å². The highest BCUT2D eigenvalue weighted by atomic mass is 16.5. The van der Waals surface area contributed by atoms with Crippen LogP contribution in [-0.4, -0.2) is 16.1 Å². The lowest BCUT2D eigenvalue weighted by Gasteiger charge is -2.12. The Labute approximate surface area is 140 Å². The van der Waals surface area contributed by atoms with Gasteiger partial charge in [-0.3, -0.25) is 4.98 Å². The fourth-order valence-corrected chi connectivity index (χ4v) is 2.56. The highest BCUT2D eigenvalue weighted by molar-refractivity contribution is 5.96. The highest BCUT2D eigenvalue weighted by Crippen LogP contribution is 2.28. The summed E-state index contributed by atoms with van der Waals surface area (Å²) in [7, 11) is 0. The molecule has 2 aromatic carbocycles. The van der Waals surface area contributed by atoms with Crippen LogP contribution < -0.4 is 4.74 Å². The van der Waals surface area contributed by atoms with Gasteiger partial charge in [-0.1, -0.05) is 30.3 Å². The summed E-state index contributed by atoms with van der Waals surface area (Å²) in [5.74, 6) is -0.259. The molecule has 0 radical (unpaired) electrons. The van der Waals surface area contributed by atoms with Gasteiger partial charge < -0.3 is 9.84 Å². The van der Waals surface area contributed by atoms with Gasteiger partial charge in [0.15, 0.2) is 0 Å². The maximum absolute atomic E-state index is 11.6. The molecule has 0 atom stereocenters. The number of carboxylic acids is 1. The van der Waals surface area contributed by atoms with Crippen molar-refractivity contribution in [3.8, 4) is 16.9 Å². The molecule has 4 heteroatoms. The Morgan fingerprint density at radius 3 is 2.62 bits per heavy atom. The molecular formula is C20H17NO3. The highest BCUT2D eigenvalue weighted by Gasteiger charge is 2.14. The summed E-state index contributed by atoms with van der Waals surface area (Å²) in [5, 5.41) is 9.48. The van der Waals surface area contributed by atoms with Crippen molar-refractivity contribution in [2.75, 3.05) is 0 Å². The van der Waals surface area contributed by atoms with Crippen molar-refractivity contribution in [2.45, 2.75) is 13.5 Å². The first kappa shape index (κ1) is 15.7. The maximum Gasteiger partial charge on any atom is 0.336 e. The minimum atomic E-state index is -0.937. The smallest absolute Gasteiger partial charge is 0.336 e. The number of aromatic nitrogens is 1. The predicted molar refractivity (Wildman–Crippen MR) is 92.1 cm³/mol. The third-order valence-corrected chi connectivity index (χ3v) is 3.79. The molecule has 120 valence electrons. The SMILES string of the molecule is Cc1ccccc1-c1cc(COc2cccnc2)ccc1C(=O)O. The van der Waals surface area contributed by atoms with Crippen LogP contribution in [0.1, 0.15) is 21.5 Å². The molecule has 0 aliphatic heterocycles. The van der Waals surface area contributed by atoms with Gasteiger partial charge in [0, 0.05) is 6.20 Å². The molecule has 1 N–H and O–H groups in total. The molecule has 0 aliphatic carbocycles. The molecule has 24 heavy (non-hydrogen) atoms. The average Bonchev–Trinajstić information content (AvgIpc) is 2.61. The number of nitrogens with zero attached hydrogens (tertiary/aromatic N) is 1. The molecule has 0 spiro atoms. The van der Waals surface area contributed by atoms with Gasteiger partial charge in [0.05, 0.1) is 11.8 Å². The zero-order chi connectivity index (χ0) is 16.9. The number of hydrogen-bond acceptors (Lipinski definition) is 3. The molecule has 4 nitrogen and oxygen atoms in total. The number of aromatic carboxylic acids is 1. The predicted octanol–water partition coefficient (Wildman–Crippen LogP) is 4.33. The molecule has 0 amide bonds. The third kappa shape index (κ3) is 3.43. The normalized spacial score (nSPS) is 10.4. The summed E-state index contributed by atoms with van der Waals surface area (Å²) in [5.41, 5.74) is 3.84. The standard InChI is InChI=1S/C20H17NO3/c1-14-5-2-3-7-17(14)19-11-15(8-9-18(19)20(22)23)13-24-16-6-4-10-21-12-16/h2-12H,13H2,1H3,(H,22,23). The summed E-state index contributed by atoms with van der Waals surface area (Å²) in [6, 6.07) is 16.7. The number of aryl methyl sites for hydroxylation is 1. The number of rotatable bonds is 5. The number of pyridine rings is 1. The fraction of sp³-hybridized carbons (Fsp3) is 0.100. The Kier molecular flexibility index (Phi) is 4.57. The largest absolute Gasteiger partial charge is 0.487 e. The fourth-order valence-electron chi connectivity index (χ4n) is 2.56. The maximum atomic E-state index is 11.6. The number of ether oxygens (including phenoxy) is 1. The Balaban J connectivity index is 1.94. The lowest BCUT2D eigenvalue weighted by Crippen LogP contribution is -2.03. The Morgan fingerprint density at radius 2 is 1.92 bits per heavy atom. The molecular weight excluding hydrogens is 302 g/mol. The Morgan fingerprint density at radius 1 is 1.08 bits per heavy atom. The van der Waals surface area contributed by atoms with E-state index in [0.29, 0.717) is 17.9 Å². The van der Waals surface area contributed by atoms with Crippen molar-refractivity contribution >= 4 is 5.97 Å². The van der Waals surface area contributed by atoms with Crippen molar-refractivity contribution in [1.29, 1.82) is 0 Å². The van der Waals surface area contributed by atoms with Crippen molar-refractivity contribution in [1.82, 2.24) is 4.98 Å². The van der Waals surface area contributed by atoms with Crippen LogP contribution in [0, 0.1) is 6.92 Å². The van der Waals surface area contributed by atoms with Gasteiger partial charge in [-0.2, -0.15) is 0 Å². The van der Waals surface area contributed by atoms with Crippen LogP contribution in [0.4, 0.5) is 0 Å². The third-order valence-electron chi connectivity index (χ3n) is 3.79. The first-order chi connectivity index (χ1) is 11.6. The minimum absolute atomic E-state index is 0.287. The Bertz CT molecular complexity index is 860. The first-order valence-corrected chi connectivity index (χ1v) is 7.60. The molecule has 1 heterocycles. The monoisotopic (exact) mass is 319 g/mol. The zero-order valence-corrected chi connectivity index (χ0v) is 13.3. The summed E-state index contributed by atoms with van der Waals surface area (Å²) in [6.45, 7) is 2.32. The molecule has 3 rings (SSSR count). The van der Waals surface area contributed by atoms with E-state index in [1.165, 1.54) is 0 Å². The van der Waals surface area contributed by atoms with Crippen LogP contribution in [0.3, 0.4) is 0 Å². The van der Waals surface area contributed by atoms with E-state index in [0.717, 1.165) is 16.7 Å².